The number of nitrogens with one attached hydrogen (secondary N) is 2. The van der Waals surface area contributed by atoms with Crippen molar-refractivity contribution in [3.05, 3.63) is 66.1 Å². The van der Waals surface area contributed by atoms with Crippen LogP contribution in [0.4, 0.5) is 5.82 Å². The lowest BCUT2D eigenvalue weighted by Crippen LogP contribution is -2.12. The molecular weight excluding hydrogens is 252 g/mol. The van der Waals surface area contributed by atoms with E-state index in [1.165, 1.54) is 0 Å². The number of carbonyl (C=O) groups excluding carboxylic acids is 1. The lowest BCUT2D eigenvalue weighted by atomic mass is 10.2. The molecule has 2 aromatic heterocycles. The van der Waals surface area contributed by atoms with E-state index in [9.17, 15) is 4.79 Å². The number of aromatic amines is 1. The van der Waals surface area contributed by atoms with Crippen molar-refractivity contribution in [1.82, 2.24) is 14.8 Å². The maximum Gasteiger partial charge on any atom is 0.256 e. The minimum atomic E-state index is -0.171. The molecule has 0 fully saturated rings. The van der Waals surface area contributed by atoms with Crippen LogP contribution in [0.2, 0.25) is 0 Å². The van der Waals surface area contributed by atoms with E-state index in [1.54, 1.807) is 18.2 Å². The summed E-state index contributed by atoms with van der Waals surface area (Å²) in [5.74, 6) is 0.359. The van der Waals surface area contributed by atoms with Crippen molar-refractivity contribution in [1.29, 1.82) is 0 Å². The zero-order valence-corrected chi connectivity index (χ0v) is 11.0. The fraction of sp³-hybridized carbons (Fsp3) is 0.0667. The number of carbonyl (C=O) groups is 1. The summed E-state index contributed by atoms with van der Waals surface area (Å²) in [6.07, 6.45) is 3.92. The highest BCUT2D eigenvalue weighted by Crippen LogP contribution is 2.12. The minimum Gasteiger partial charge on any atom is -0.324 e. The Kier molecular flexibility index (Phi) is 3.09. The molecule has 0 spiro atoms. The molecule has 100 valence electrons. The lowest BCUT2D eigenvalue weighted by molar-refractivity contribution is 0.102. The summed E-state index contributed by atoms with van der Waals surface area (Å²) in [6.45, 7) is 1.88. The Morgan fingerprint density at radius 3 is 2.50 bits per heavy atom. The molecule has 0 saturated carbocycles. The van der Waals surface area contributed by atoms with Gasteiger partial charge < -0.3 is 9.88 Å². The molecule has 0 saturated heterocycles. The van der Waals surface area contributed by atoms with Gasteiger partial charge in [-0.3, -0.25) is 9.89 Å². The van der Waals surface area contributed by atoms with E-state index in [-0.39, 0.29) is 5.91 Å². The highest BCUT2D eigenvalue weighted by Gasteiger charge is 2.07. The number of anilines is 1. The zero-order valence-electron chi connectivity index (χ0n) is 11.0. The van der Waals surface area contributed by atoms with Crippen molar-refractivity contribution in [2.45, 2.75) is 6.92 Å². The number of rotatable bonds is 3. The van der Waals surface area contributed by atoms with Crippen LogP contribution in [0.5, 0.6) is 0 Å². The van der Waals surface area contributed by atoms with Gasteiger partial charge in [0, 0.05) is 35.4 Å². The molecule has 3 aromatic rings. The molecule has 0 aliphatic rings. The molecule has 3 rings (SSSR count). The predicted molar refractivity (Wildman–Crippen MR) is 77.0 cm³/mol. The summed E-state index contributed by atoms with van der Waals surface area (Å²) in [7, 11) is 0. The van der Waals surface area contributed by atoms with Crippen molar-refractivity contribution in [2.75, 3.05) is 5.32 Å². The van der Waals surface area contributed by atoms with E-state index in [4.69, 9.17) is 0 Å². The SMILES string of the molecule is Cc1cc(NC(=O)c2ccc(-n3cccc3)cc2)n[nH]1. The molecule has 0 aliphatic heterocycles. The molecule has 0 atom stereocenters. The van der Waals surface area contributed by atoms with Gasteiger partial charge in [-0.1, -0.05) is 0 Å². The maximum atomic E-state index is 12.0. The quantitative estimate of drug-likeness (QED) is 0.765. The van der Waals surface area contributed by atoms with Gasteiger partial charge in [0.25, 0.3) is 5.91 Å². The molecule has 1 aromatic carbocycles. The van der Waals surface area contributed by atoms with Crippen LogP contribution in [-0.4, -0.2) is 20.7 Å². The van der Waals surface area contributed by atoms with E-state index >= 15 is 0 Å². The van der Waals surface area contributed by atoms with E-state index in [1.807, 2.05) is 48.1 Å². The van der Waals surface area contributed by atoms with Gasteiger partial charge in [-0.05, 0) is 43.3 Å². The highest BCUT2D eigenvalue weighted by molar-refractivity contribution is 6.03. The number of hydrogen-bond acceptors (Lipinski definition) is 2. The molecular formula is C15H14N4O. The molecule has 0 radical (unpaired) electrons. The summed E-state index contributed by atoms with van der Waals surface area (Å²) in [4.78, 5) is 12.0. The van der Waals surface area contributed by atoms with Crippen LogP contribution in [-0.2, 0) is 0 Å². The van der Waals surface area contributed by atoms with Gasteiger partial charge >= 0.3 is 0 Å². The number of hydrogen-bond donors (Lipinski definition) is 2. The van der Waals surface area contributed by atoms with Crippen molar-refractivity contribution in [2.24, 2.45) is 0 Å². The number of amides is 1. The summed E-state index contributed by atoms with van der Waals surface area (Å²) in [6, 6.07) is 13.1. The van der Waals surface area contributed by atoms with Gasteiger partial charge in [0.1, 0.15) is 0 Å². The number of H-pyrrole nitrogens is 1. The summed E-state index contributed by atoms with van der Waals surface area (Å²) >= 11 is 0. The van der Waals surface area contributed by atoms with Crippen molar-refractivity contribution >= 4 is 11.7 Å². The Hall–Kier alpha value is -2.82. The third-order valence-electron chi connectivity index (χ3n) is 2.98. The summed E-state index contributed by atoms with van der Waals surface area (Å²) in [5, 5.41) is 9.51. The standard InChI is InChI=1S/C15H14N4O/c1-11-10-14(18-17-11)16-15(20)12-4-6-13(7-5-12)19-8-2-3-9-19/h2-10H,1H3,(H2,16,17,18,20). The number of aromatic nitrogens is 3. The van der Waals surface area contributed by atoms with Gasteiger partial charge in [-0.25, -0.2) is 0 Å². The Morgan fingerprint density at radius 2 is 1.90 bits per heavy atom. The van der Waals surface area contributed by atoms with Crippen molar-refractivity contribution in [3.63, 3.8) is 0 Å². The normalized spacial score (nSPS) is 10.4. The number of benzene rings is 1. The number of aryl methyl sites for hydroxylation is 1. The summed E-state index contributed by atoms with van der Waals surface area (Å²) < 4.78 is 1.98. The third-order valence-corrected chi connectivity index (χ3v) is 2.98. The lowest BCUT2D eigenvalue weighted by Gasteiger charge is -2.05. The van der Waals surface area contributed by atoms with Crippen LogP contribution in [0.25, 0.3) is 5.69 Å². The smallest absolute Gasteiger partial charge is 0.256 e. The summed E-state index contributed by atoms with van der Waals surface area (Å²) in [5.41, 5.74) is 2.52. The van der Waals surface area contributed by atoms with Gasteiger partial charge in [-0.2, -0.15) is 5.10 Å². The second kappa shape index (κ2) is 5.05. The van der Waals surface area contributed by atoms with E-state index in [2.05, 4.69) is 15.5 Å². The Balaban J connectivity index is 1.75. The van der Waals surface area contributed by atoms with E-state index in [0.29, 0.717) is 11.4 Å². The highest BCUT2D eigenvalue weighted by atomic mass is 16.1. The van der Waals surface area contributed by atoms with Crippen LogP contribution in [0.1, 0.15) is 16.1 Å². The van der Waals surface area contributed by atoms with Crippen molar-refractivity contribution < 1.29 is 4.79 Å². The first-order valence-electron chi connectivity index (χ1n) is 6.29. The molecule has 5 nitrogen and oxygen atoms in total. The maximum absolute atomic E-state index is 12.0. The molecule has 0 unspecified atom stereocenters. The molecule has 2 N–H and O–H groups in total. The molecule has 5 heteroatoms. The third kappa shape index (κ3) is 2.47. The van der Waals surface area contributed by atoms with Crippen LogP contribution < -0.4 is 5.32 Å². The van der Waals surface area contributed by atoms with E-state index in [0.717, 1.165) is 11.4 Å². The van der Waals surface area contributed by atoms with Gasteiger partial charge in [0.2, 0.25) is 0 Å². The second-order valence-electron chi connectivity index (χ2n) is 4.53. The molecule has 20 heavy (non-hydrogen) atoms. The van der Waals surface area contributed by atoms with E-state index < -0.39 is 0 Å². The van der Waals surface area contributed by atoms with Crippen LogP contribution in [0, 0.1) is 6.92 Å². The van der Waals surface area contributed by atoms with Crippen molar-refractivity contribution in [3.8, 4) is 5.69 Å². The first-order valence-corrected chi connectivity index (χ1v) is 6.29. The molecule has 0 aliphatic carbocycles. The van der Waals surface area contributed by atoms with Crippen LogP contribution >= 0.6 is 0 Å². The fourth-order valence-electron chi connectivity index (χ4n) is 1.96. The molecule has 2 heterocycles. The zero-order chi connectivity index (χ0) is 13.9. The largest absolute Gasteiger partial charge is 0.324 e. The van der Waals surface area contributed by atoms with Gasteiger partial charge in [0.15, 0.2) is 5.82 Å². The average molecular weight is 266 g/mol. The Labute approximate surface area is 116 Å². The van der Waals surface area contributed by atoms with Crippen LogP contribution in [0.3, 0.4) is 0 Å². The average Bonchev–Trinajstić information content (AvgIpc) is 3.11. The fourth-order valence-corrected chi connectivity index (χ4v) is 1.96. The topological polar surface area (TPSA) is 62.7 Å². The minimum absolute atomic E-state index is 0.171. The van der Waals surface area contributed by atoms with Gasteiger partial charge in [0.05, 0.1) is 0 Å². The molecule has 1 amide bonds. The number of nitrogens with zero attached hydrogens (tertiary/aromatic N) is 2. The first-order chi connectivity index (χ1) is 9.72. The predicted octanol–water partition coefficient (Wildman–Crippen LogP) is 2.76. The monoisotopic (exact) mass is 266 g/mol. The second-order valence-corrected chi connectivity index (χ2v) is 4.53. The Morgan fingerprint density at radius 1 is 1.20 bits per heavy atom. The Bertz CT molecular complexity index is 711. The van der Waals surface area contributed by atoms with Crippen LogP contribution in [0.15, 0.2) is 54.9 Å². The molecule has 0 bridgehead atoms. The van der Waals surface area contributed by atoms with Gasteiger partial charge in [-0.15, -0.1) is 0 Å². The first kappa shape index (κ1) is 12.2.